The first kappa shape index (κ1) is 45.8. The van der Waals surface area contributed by atoms with Gasteiger partial charge in [-0.05, 0) is 62.5 Å². The lowest BCUT2D eigenvalue weighted by Gasteiger charge is -2.26. The summed E-state index contributed by atoms with van der Waals surface area (Å²) in [6, 6.07) is 1.51. The van der Waals surface area contributed by atoms with Crippen LogP contribution in [0.1, 0.15) is 93.2 Å². The van der Waals surface area contributed by atoms with Gasteiger partial charge < -0.3 is 31.1 Å². The summed E-state index contributed by atoms with van der Waals surface area (Å²) in [5.41, 5.74) is 1.72. The number of phenols is 1. The Kier molecular flexibility index (Phi) is 17.2. The molecule has 4 bridgehead atoms. The fourth-order valence-electron chi connectivity index (χ4n) is 6.25. The Balaban J connectivity index is 2.12. The van der Waals surface area contributed by atoms with E-state index in [0.717, 1.165) is 0 Å². The Morgan fingerprint density at radius 1 is 0.875 bits per heavy atom. The van der Waals surface area contributed by atoms with Gasteiger partial charge in [-0.25, -0.2) is 0 Å². The summed E-state index contributed by atoms with van der Waals surface area (Å²) in [6.07, 6.45) is 12.0. The van der Waals surface area contributed by atoms with Crippen molar-refractivity contribution in [3.8, 4) is 5.75 Å². The van der Waals surface area contributed by atoms with E-state index in [0.29, 0.717) is 27.4 Å². The molecule has 2 heterocycles. The molecule has 0 saturated carbocycles. The van der Waals surface area contributed by atoms with Crippen molar-refractivity contribution in [2.24, 2.45) is 17.8 Å². The highest BCUT2D eigenvalue weighted by molar-refractivity contribution is 8.03. The minimum Gasteiger partial charge on any atom is -0.507 e. The Labute approximate surface area is 334 Å². The van der Waals surface area contributed by atoms with E-state index in [2.05, 4.69) is 10.6 Å². The van der Waals surface area contributed by atoms with E-state index in [1.165, 1.54) is 24.8 Å². The molecular weight excluding hydrogens is 733 g/mol. The Morgan fingerprint density at radius 2 is 1.57 bits per heavy atom. The van der Waals surface area contributed by atoms with Gasteiger partial charge in [-0.3, -0.25) is 24.0 Å². The third-order valence-electron chi connectivity index (χ3n) is 9.94. The van der Waals surface area contributed by atoms with Crippen LogP contribution < -0.4 is 10.6 Å². The van der Waals surface area contributed by atoms with Crippen LogP contribution in [0, 0.1) is 24.7 Å². The van der Waals surface area contributed by atoms with E-state index in [-0.39, 0.29) is 77.1 Å². The van der Waals surface area contributed by atoms with Crippen molar-refractivity contribution in [1.82, 2.24) is 10.6 Å². The Bertz CT molecular complexity index is 1920. The number of amides is 2. The molecule has 0 aromatic heterocycles. The third-order valence-corrected chi connectivity index (χ3v) is 11.0. The molecule has 1 aromatic carbocycles. The predicted octanol–water partition coefficient (Wildman–Crippen LogP) is 5.68. The van der Waals surface area contributed by atoms with E-state index >= 15 is 0 Å². The van der Waals surface area contributed by atoms with Crippen molar-refractivity contribution >= 4 is 40.9 Å². The molecule has 3 aliphatic rings. The van der Waals surface area contributed by atoms with E-state index < -0.39 is 47.6 Å². The van der Waals surface area contributed by atoms with Gasteiger partial charge in [0, 0.05) is 65.9 Å². The molecule has 11 nitrogen and oxygen atoms in total. The van der Waals surface area contributed by atoms with Crippen LogP contribution in [0.25, 0.3) is 0 Å². The van der Waals surface area contributed by atoms with Gasteiger partial charge in [-0.15, -0.1) is 11.8 Å². The number of allylic oxidation sites excluding steroid dienone is 8. The van der Waals surface area contributed by atoms with Crippen LogP contribution in [-0.2, 0) is 20.8 Å². The first-order valence-electron chi connectivity index (χ1n) is 18.8. The topological polar surface area (TPSA) is 190 Å². The average molecular weight is 789 g/mol. The van der Waals surface area contributed by atoms with Crippen molar-refractivity contribution in [3.63, 3.8) is 0 Å². The number of nitrogens with one attached hydrogen (secondary N) is 2. The van der Waals surface area contributed by atoms with Crippen molar-refractivity contribution in [2.45, 2.75) is 93.0 Å². The molecule has 4 rings (SSSR count). The third kappa shape index (κ3) is 12.4. The fourth-order valence-corrected chi connectivity index (χ4v) is 7.23. The van der Waals surface area contributed by atoms with E-state index in [1.807, 2.05) is 0 Å². The van der Waals surface area contributed by atoms with Crippen molar-refractivity contribution in [2.75, 3.05) is 12.3 Å². The number of aryl methyl sites for hydroxylation is 1. The van der Waals surface area contributed by atoms with Gasteiger partial charge in [0.1, 0.15) is 5.75 Å². The second-order valence-corrected chi connectivity index (χ2v) is 15.9. The zero-order valence-corrected chi connectivity index (χ0v) is 34.3. The molecule has 6 atom stereocenters. The van der Waals surface area contributed by atoms with Gasteiger partial charge in [0.15, 0.2) is 11.6 Å². The van der Waals surface area contributed by atoms with Crippen LogP contribution in [0.3, 0.4) is 0 Å². The van der Waals surface area contributed by atoms with Crippen LogP contribution in [0.4, 0.5) is 0 Å². The normalized spacial score (nSPS) is 29.7. The number of carbonyl (C=O) groups excluding carboxylic acids is 5. The second-order valence-electron chi connectivity index (χ2n) is 14.7. The number of rotatable bonds is 4. The lowest BCUT2D eigenvalue weighted by atomic mass is 9.83. The number of fused-ring (bicyclic) bond motifs is 18. The molecule has 2 aliphatic heterocycles. The molecule has 1 aliphatic carbocycles. The van der Waals surface area contributed by atoms with Crippen LogP contribution in [0.5, 0.6) is 5.75 Å². The highest BCUT2D eigenvalue weighted by Gasteiger charge is 2.34. The van der Waals surface area contributed by atoms with Crippen LogP contribution in [0.2, 0.25) is 0 Å². The molecule has 1 aromatic rings. The summed E-state index contributed by atoms with van der Waals surface area (Å²) in [7, 11) is 0. The number of thioether (sulfide) groups is 1. The van der Waals surface area contributed by atoms with Gasteiger partial charge >= 0.3 is 0 Å². The maximum Gasteiger partial charge on any atom is 0.251 e. The monoisotopic (exact) mass is 788 g/mol. The summed E-state index contributed by atoms with van der Waals surface area (Å²) in [4.78, 5) is 66.6. The number of aliphatic hydroxyl groups is 3. The molecule has 56 heavy (non-hydrogen) atoms. The van der Waals surface area contributed by atoms with Crippen molar-refractivity contribution in [1.29, 1.82) is 0 Å². The summed E-state index contributed by atoms with van der Waals surface area (Å²) < 4.78 is 0. The summed E-state index contributed by atoms with van der Waals surface area (Å²) in [6.45, 7) is 13.4. The molecule has 302 valence electrons. The molecule has 12 heteroatoms. The van der Waals surface area contributed by atoms with Gasteiger partial charge in [0.05, 0.1) is 29.6 Å². The second kappa shape index (κ2) is 21.1. The number of hydrogen-bond acceptors (Lipinski definition) is 10. The maximum atomic E-state index is 14.2. The Morgan fingerprint density at radius 3 is 2.25 bits per heavy atom. The molecule has 2 amide bonds. The summed E-state index contributed by atoms with van der Waals surface area (Å²) in [5.74, 6) is -3.31. The predicted molar refractivity (Wildman–Crippen MR) is 220 cm³/mol. The highest BCUT2D eigenvalue weighted by atomic mass is 32.2. The molecule has 0 unspecified atom stereocenters. The maximum absolute atomic E-state index is 14.2. The zero-order valence-electron chi connectivity index (χ0n) is 33.5. The van der Waals surface area contributed by atoms with Crippen LogP contribution in [-0.4, -0.2) is 80.2 Å². The number of aromatic hydroxyl groups is 1. The molecular formula is C44H56N2O9S. The number of benzene rings is 1. The summed E-state index contributed by atoms with van der Waals surface area (Å²) in [5, 5.41) is 49.2. The zero-order chi connectivity index (χ0) is 41.9. The first-order valence-corrected chi connectivity index (χ1v) is 19.8. The van der Waals surface area contributed by atoms with Gasteiger partial charge in [-0.1, -0.05) is 75.5 Å². The smallest absolute Gasteiger partial charge is 0.251 e. The number of carbonyl (C=O) groups is 5. The highest BCUT2D eigenvalue weighted by Crippen LogP contribution is 2.39. The number of phenolic OH excluding ortho intramolecular Hbond substituents is 1. The van der Waals surface area contributed by atoms with E-state index in [4.69, 9.17) is 0 Å². The first-order chi connectivity index (χ1) is 26.3. The SMILES string of the molecule is CC(=O)NCCSC1=C2NC(=O)\C(C)=C/C=C\C=C\[C@H](C)[C@@H](O)CC(=O)/C(C)=C/C[C@H](O)/C=C/[C@H](C)[C@H](O)[C@@H](C)/C=C(\C)C(=O)c3c(O)c(C)cc(c3C1)C2=O. The van der Waals surface area contributed by atoms with E-state index in [9.17, 15) is 44.4 Å². The Hall–Kier alpha value is -4.62. The van der Waals surface area contributed by atoms with Crippen LogP contribution in [0.15, 0.2) is 88.1 Å². The number of ketones is 3. The largest absolute Gasteiger partial charge is 0.507 e. The van der Waals surface area contributed by atoms with E-state index in [1.54, 1.807) is 103 Å². The minimum atomic E-state index is -0.955. The van der Waals surface area contributed by atoms with Crippen molar-refractivity contribution in [3.05, 3.63) is 110 Å². The van der Waals surface area contributed by atoms with Crippen LogP contribution >= 0.6 is 11.8 Å². The number of aliphatic hydroxyl groups excluding tert-OH is 3. The average Bonchev–Trinajstić information content (AvgIpc) is 3.15. The van der Waals surface area contributed by atoms with Gasteiger partial charge in [0.25, 0.3) is 5.91 Å². The number of Topliss-reactive ketones (excluding diaryl/α,β-unsaturated/α-hetero) is 3. The summed E-state index contributed by atoms with van der Waals surface area (Å²) >= 11 is 1.25. The molecule has 0 fully saturated rings. The quantitative estimate of drug-likeness (QED) is 0.164. The molecule has 0 saturated heterocycles. The van der Waals surface area contributed by atoms with Gasteiger partial charge in [0.2, 0.25) is 11.7 Å². The minimum absolute atomic E-state index is 0.0351. The van der Waals surface area contributed by atoms with Gasteiger partial charge in [-0.2, -0.15) is 0 Å². The standard InChI is InChI=1S/C44H56N2O9S/c1-24-12-10-9-11-13-27(4)44(55)46-39-37(56-19-18-45-31(8)47)22-33-34(43(39)54)21-30(7)42(53)38(33)41(52)29(6)20-28(5)40(51)26(3)15-17-32(48)16-14-25(2)36(50)23-35(24)49/h9-15,17,20-21,24,26,28,32,35,40,48-49,51,53H,16,18-19,22-23H2,1-8H3,(H,45,47)(H,46,55)/b11-9-,12-10+,17-15+,25-14+,27-13-,29-20+/t24-,26-,28-,32-,35-,40-/m0/s1. The molecule has 0 spiro atoms. The molecule has 6 N–H and O–H groups in total. The lowest BCUT2D eigenvalue weighted by molar-refractivity contribution is -0.119. The fraction of sp³-hybridized carbons (Fsp3) is 0.432. The number of hydrogen-bond donors (Lipinski definition) is 6. The lowest BCUT2D eigenvalue weighted by Crippen LogP contribution is -2.33. The van der Waals surface area contributed by atoms with Crippen molar-refractivity contribution < 1.29 is 44.4 Å². The molecule has 0 radical (unpaired) electrons.